The molecule has 2 fully saturated rings. The van der Waals surface area contributed by atoms with Crippen molar-refractivity contribution in [2.45, 2.75) is 62.9 Å². The van der Waals surface area contributed by atoms with Crippen LogP contribution in [-0.2, 0) is 21.4 Å². The number of hydrogen-bond acceptors (Lipinski definition) is 4. The molecule has 0 bridgehead atoms. The first-order valence-electron chi connectivity index (χ1n) is 11.5. The minimum absolute atomic E-state index is 0.0211. The van der Waals surface area contributed by atoms with Crippen LogP contribution in [0.5, 0.6) is 0 Å². The Morgan fingerprint density at radius 3 is 2.61 bits per heavy atom. The minimum atomic E-state index is -3.45. The first-order valence-corrected chi connectivity index (χ1v) is 13.0. The zero-order chi connectivity index (χ0) is 21.8. The van der Waals surface area contributed by atoms with Crippen molar-refractivity contribution in [1.82, 2.24) is 19.1 Å². The summed E-state index contributed by atoms with van der Waals surface area (Å²) >= 11 is 0. The topological polar surface area (TPSA) is 74.6 Å². The van der Waals surface area contributed by atoms with E-state index in [9.17, 15) is 13.2 Å². The number of sulfonamides is 1. The molecule has 0 saturated carbocycles. The lowest BCUT2D eigenvalue weighted by atomic mass is 10.0. The molecule has 0 spiro atoms. The Labute approximate surface area is 185 Å². The summed E-state index contributed by atoms with van der Waals surface area (Å²) in [6.45, 7) is 6.33. The molecule has 2 aliphatic heterocycles. The summed E-state index contributed by atoms with van der Waals surface area (Å²) in [5.74, 6) is -0.0211. The van der Waals surface area contributed by atoms with Crippen LogP contribution in [0.25, 0.3) is 10.9 Å². The molecule has 1 aromatic carbocycles. The van der Waals surface area contributed by atoms with E-state index in [4.69, 9.17) is 0 Å². The van der Waals surface area contributed by atoms with E-state index in [2.05, 4.69) is 17.1 Å². The van der Waals surface area contributed by atoms with Gasteiger partial charge < -0.3 is 9.88 Å². The van der Waals surface area contributed by atoms with Gasteiger partial charge in [0.15, 0.2) is 0 Å². The molecule has 31 heavy (non-hydrogen) atoms. The number of piperidine rings is 2. The van der Waals surface area contributed by atoms with Crippen LogP contribution in [0, 0.1) is 0 Å². The molecular formula is C23H34N4O3S. The van der Waals surface area contributed by atoms with Crippen molar-refractivity contribution in [3.63, 3.8) is 0 Å². The van der Waals surface area contributed by atoms with Gasteiger partial charge in [-0.1, -0.05) is 12.8 Å². The Balaban J connectivity index is 1.37. The molecule has 1 aromatic heterocycles. The van der Waals surface area contributed by atoms with Crippen LogP contribution in [0.4, 0.5) is 0 Å². The third-order valence-electron chi connectivity index (χ3n) is 6.67. The van der Waals surface area contributed by atoms with Crippen LogP contribution in [0.15, 0.2) is 35.4 Å². The third-order valence-corrected chi connectivity index (χ3v) is 8.57. The van der Waals surface area contributed by atoms with Gasteiger partial charge in [-0.15, -0.1) is 0 Å². The number of carbonyl (C=O) groups is 1. The predicted molar refractivity (Wildman–Crippen MR) is 122 cm³/mol. The number of rotatable bonds is 7. The lowest BCUT2D eigenvalue weighted by molar-refractivity contribution is -0.121. The SMILES string of the molecule is C[C@H]1CCCCN1CCNC(=O)Cn1ccc2cc(S(=O)(=O)N3CCCCC3)ccc21. The van der Waals surface area contributed by atoms with E-state index in [0.717, 1.165) is 43.3 Å². The highest BCUT2D eigenvalue weighted by molar-refractivity contribution is 7.89. The fourth-order valence-corrected chi connectivity index (χ4v) is 6.32. The van der Waals surface area contributed by atoms with Crippen LogP contribution >= 0.6 is 0 Å². The molecule has 2 aliphatic rings. The van der Waals surface area contributed by atoms with E-state index in [1.54, 1.807) is 16.4 Å². The van der Waals surface area contributed by atoms with Crippen molar-refractivity contribution in [3.8, 4) is 0 Å². The second-order valence-corrected chi connectivity index (χ2v) is 10.8. The summed E-state index contributed by atoms with van der Waals surface area (Å²) in [6, 6.07) is 7.68. The Kier molecular flexibility index (Phi) is 6.99. The van der Waals surface area contributed by atoms with E-state index in [-0.39, 0.29) is 12.5 Å². The molecular weight excluding hydrogens is 412 g/mol. The highest BCUT2D eigenvalue weighted by atomic mass is 32.2. The highest BCUT2D eigenvalue weighted by Crippen LogP contribution is 2.25. The van der Waals surface area contributed by atoms with E-state index in [1.807, 2.05) is 22.9 Å². The number of carbonyl (C=O) groups excluding carboxylic acids is 1. The maximum atomic E-state index is 12.9. The van der Waals surface area contributed by atoms with Gasteiger partial charge >= 0.3 is 0 Å². The van der Waals surface area contributed by atoms with Crippen LogP contribution in [0.1, 0.15) is 45.4 Å². The lowest BCUT2D eigenvalue weighted by Gasteiger charge is -2.33. The maximum absolute atomic E-state index is 12.9. The number of nitrogens with zero attached hydrogens (tertiary/aromatic N) is 3. The van der Waals surface area contributed by atoms with Crippen molar-refractivity contribution in [3.05, 3.63) is 30.5 Å². The predicted octanol–water partition coefficient (Wildman–Crippen LogP) is 2.81. The van der Waals surface area contributed by atoms with Gasteiger partial charge in [0.1, 0.15) is 6.54 Å². The standard InChI is InChI=1S/C23H34N4O3S/c1-19-7-3-6-12-25(19)16-11-24-23(28)18-26-15-10-20-17-21(8-9-22(20)26)31(29,30)27-13-4-2-5-14-27/h8-10,15,17,19H,2-7,11-14,16,18H2,1H3,(H,24,28)/t19-/m0/s1. The molecule has 0 aliphatic carbocycles. The zero-order valence-corrected chi connectivity index (χ0v) is 19.2. The monoisotopic (exact) mass is 446 g/mol. The van der Waals surface area contributed by atoms with Gasteiger partial charge in [0, 0.05) is 49.3 Å². The number of aromatic nitrogens is 1. The van der Waals surface area contributed by atoms with E-state index >= 15 is 0 Å². The smallest absolute Gasteiger partial charge is 0.243 e. The summed E-state index contributed by atoms with van der Waals surface area (Å²) in [6.07, 6.45) is 8.56. The summed E-state index contributed by atoms with van der Waals surface area (Å²) in [5.41, 5.74) is 0.873. The fraction of sp³-hybridized carbons (Fsp3) is 0.609. The number of amides is 1. The van der Waals surface area contributed by atoms with Gasteiger partial charge in [0.25, 0.3) is 0 Å². The molecule has 0 unspecified atom stereocenters. The quantitative estimate of drug-likeness (QED) is 0.710. The lowest BCUT2D eigenvalue weighted by Crippen LogP contribution is -2.42. The van der Waals surface area contributed by atoms with Crippen molar-refractivity contribution < 1.29 is 13.2 Å². The Hall–Kier alpha value is -1.90. The Morgan fingerprint density at radius 1 is 1.06 bits per heavy atom. The maximum Gasteiger partial charge on any atom is 0.243 e. The molecule has 1 atom stereocenters. The molecule has 3 heterocycles. The number of likely N-dealkylation sites (tertiary alicyclic amines) is 1. The van der Waals surface area contributed by atoms with Crippen molar-refractivity contribution >= 4 is 26.8 Å². The average Bonchev–Trinajstić information content (AvgIpc) is 3.17. The van der Waals surface area contributed by atoms with Gasteiger partial charge in [-0.3, -0.25) is 9.69 Å². The van der Waals surface area contributed by atoms with E-state index in [1.165, 1.54) is 19.3 Å². The molecule has 170 valence electrons. The van der Waals surface area contributed by atoms with Gasteiger partial charge in [-0.05, 0) is 63.4 Å². The largest absolute Gasteiger partial charge is 0.353 e. The minimum Gasteiger partial charge on any atom is -0.353 e. The molecule has 8 heteroatoms. The fourth-order valence-electron chi connectivity index (χ4n) is 4.77. The van der Waals surface area contributed by atoms with Crippen molar-refractivity contribution in [2.24, 2.45) is 0 Å². The molecule has 1 N–H and O–H groups in total. The van der Waals surface area contributed by atoms with E-state index in [0.29, 0.717) is 30.6 Å². The van der Waals surface area contributed by atoms with Crippen LogP contribution in [0.2, 0.25) is 0 Å². The molecule has 2 saturated heterocycles. The van der Waals surface area contributed by atoms with Crippen LogP contribution < -0.4 is 5.32 Å². The van der Waals surface area contributed by atoms with E-state index < -0.39 is 10.0 Å². The highest BCUT2D eigenvalue weighted by Gasteiger charge is 2.26. The molecule has 4 rings (SSSR count). The zero-order valence-electron chi connectivity index (χ0n) is 18.4. The summed E-state index contributed by atoms with van der Waals surface area (Å²) in [5, 5.41) is 3.87. The second-order valence-electron chi connectivity index (χ2n) is 8.86. The number of benzene rings is 1. The first-order chi connectivity index (χ1) is 14.9. The Morgan fingerprint density at radius 2 is 1.84 bits per heavy atom. The van der Waals surface area contributed by atoms with Gasteiger partial charge in [0.2, 0.25) is 15.9 Å². The first kappa shape index (κ1) is 22.3. The number of fused-ring (bicyclic) bond motifs is 1. The molecule has 2 aromatic rings. The second kappa shape index (κ2) is 9.71. The number of hydrogen-bond donors (Lipinski definition) is 1. The third kappa shape index (κ3) is 5.13. The van der Waals surface area contributed by atoms with Gasteiger partial charge in [-0.25, -0.2) is 8.42 Å². The van der Waals surface area contributed by atoms with Gasteiger partial charge in [0.05, 0.1) is 4.90 Å². The normalized spacial score (nSPS) is 21.4. The number of nitrogens with one attached hydrogen (secondary N) is 1. The molecule has 7 nitrogen and oxygen atoms in total. The molecule has 0 radical (unpaired) electrons. The van der Waals surface area contributed by atoms with Crippen LogP contribution in [0.3, 0.4) is 0 Å². The van der Waals surface area contributed by atoms with Crippen LogP contribution in [-0.4, -0.2) is 66.9 Å². The average molecular weight is 447 g/mol. The summed E-state index contributed by atoms with van der Waals surface area (Å²) in [4.78, 5) is 15.2. The van der Waals surface area contributed by atoms with Crippen molar-refractivity contribution in [1.29, 1.82) is 0 Å². The van der Waals surface area contributed by atoms with Crippen molar-refractivity contribution in [2.75, 3.05) is 32.7 Å². The summed E-state index contributed by atoms with van der Waals surface area (Å²) in [7, 11) is -3.45. The molecule has 1 amide bonds. The van der Waals surface area contributed by atoms with Gasteiger partial charge in [-0.2, -0.15) is 4.31 Å². The Bertz CT molecular complexity index is 1010. The summed E-state index contributed by atoms with van der Waals surface area (Å²) < 4.78 is 29.3.